The van der Waals surface area contributed by atoms with Crippen molar-refractivity contribution in [1.29, 1.82) is 0 Å². The van der Waals surface area contributed by atoms with Crippen molar-refractivity contribution in [2.45, 2.75) is 25.9 Å². The Morgan fingerprint density at radius 1 is 1.50 bits per heavy atom. The van der Waals surface area contributed by atoms with Gasteiger partial charge in [0.05, 0.1) is 13.2 Å². The first-order valence-corrected chi connectivity index (χ1v) is 4.71. The molecule has 1 unspecified atom stereocenters. The first-order valence-electron chi connectivity index (χ1n) is 4.71. The van der Waals surface area contributed by atoms with Crippen molar-refractivity contribution in [1.82, 2.24) is 4.90 Å². The molecule has 2 aliphatic rings. The lowest BCUT2D eigenvalue weighted by Gasteiger charge is -2.41. The molecule has 12 heavy (non-hydrogen) atoms. The molecular weight excluding hydrogens is 152 g/mol. The second-order valence-corrected chi connectivity index (χ2v) is 4.48. The largest absolute Gasteiger partial charge is 0.380 e. The van der Waals surface area contributed by atoms with Crippen LogP contribution in [0.15, 0.2) is 0 Å². The highest BCUT2D eigenvalue weighted by molar-refractivity contribution is 5.03. The molecule has 0 aliphatic carbocycles. The Bertz CT molecular complexity index is 177. The van der Waals surface area contributed by atoms with Crippen LogP contribution in [-0.4, -0.2) is 43.3 Å². The van der Waals surface area contributed by atoms with Gasteiger partial charge < -0.3 is 10.5 Å². The Morgan fingerprint density at radius 3 is 2.42 bits per heavy atom. The van der Waals surface area contributed by atoms with E-state index in [-0.39, 0.29) is 0 Å². The van der Waals surface area contributed by atoms with Crippen LogP contribution in [0.25, 0.3) is 0 Å². The van der Waals surface area contributed by atoms with Crippen LogP contribution in [0.1, 0.15) is 13.8 Å². The Labute approximate surface area is 73.9 Å². The van der Waals surface area contributed by atoms with E-state index in [0.29, 0.717) is 17.5 Å². The third-order valence-electron chi connectivity index (χ3n) is 3.25. The normalized spacial score (nSPS) is 34.5. The fraction of sp³-hybridized carbons (Fsp3) is 1.00. The second-order valence-electron chi connectivity index (χ2n) is 4.48. The summed E-state index contributed by atoms with van der Waals surface area (Å²) in [6, 6.07) is 0.949. The number of nitrogens with two attached hydrogens (primary N) is 1. The maximum absolute atomic E-state index is 6.08. The molecule has 2 fully saturated rings. The van der Waals surface area contributed by atoms with Gasteiger partial charge in [-0.2, -0.15) is 0 Å². The maximum atomic E-state index is 6.08. The number of likely N-dealkylation sites (tertiary alicyclic amines) is 1. The summed E-state index contributed by atoms with van der Waals surface area (Å²) in [5.41, 5.74) is 6.39. The summed E-state index contributed by atoms with van der Waals surface area (Å²) in [6.45, 7) is 8.37. The molecule has 0 bridgehead atoms. The highest BCUT2D eigenvalue weighted by Crippen LogP contribution is 2.37. The molecule has 2 N–H and O–H groups in total. The van der Waals surface area contributed by atoms with Gasteiger partial charge in [0.1, 0.15) is 0 Å². The zero-order chi connectivity index (χ0) is 8.77. The van der Waals surface area contributed by atoms with E-state index in [1.807, 2.05) is 0 Å². The van der Waals surface area contributed by atoms with Crippen molar-refractivity contribution in [2.75, 3.05) is 26.3 Å². The van der Waals surface area contributed by atoms with Gasteiger partial charge in [0, 0.05) is 30.6 Å². The molecule has 0 saturated carbocycles. The Morgan fingerprint density at radius 2 is 2.17 bits per heavy atom. The SMILES string of the molecule is CC(C)N1CC(N)C2(COC2)C1. The molecule has 70 valence electrons. The molecule has 2 heterocycles. The standard InChI is InChI=1S/C9H18N2O/c1-7(2)11-3-8(10)9(4-11)5-12-6-9/h7-8H,3-6,10H2,1-2H3. The number of ether oxygens (including phenoxy) is 1. The van der Waals surface area contributed by atoms with Gasteiger partial charge in [-0.15, -0.1) is 0 Å². The molecule has 0 aromatic carbocycles. The summed E-state index contributed by atoms with van der Waals surface area (Å²) in [7, 11) is 0. The zero-order valence-electron chi connectivity index (χ0n) is 7.92. The van der Waals surface area contributed by atoms with E-state index >= 15 is 0 Å². The van der Waals surface area contributed by atoms with Gasteiger partial charge in [0.2, 0.25) is 0 Å². The maximum Gasteiger partial charge on any atom is 0.0572 e. The summed E-state index contributed by atoms with van der Waals surface area (Å²) in [5, 5.41) is 0. The average Bonchev–Trinajstić information content (AvgIpc) is 2.25. The van der Waals surface area contributed by atoms with Crippen molar-refractivity contribution in [2.24, 2.45) is 11.1 Å². The molecule has 2 aliphatic heterocycles. The number of hydrogen-bond acceptors (Lipinski definition) is 3. The lowest BCUT2D eigenvalue weighted by molar-refractivity contribution is -0.112. The second kappa shape index (κ2) is 2.69. The molecule has 1 atom stereocenters. The van der Waals surface area contributed by atoms with Gasteiger partial charge in [-0.25, -0.2) is 0 Å². The summed E-state index contributed by atoms with van der Waals surface area (Å²) in [6.07, 6.45) is 0. The third kappa shape index (κ3) is 1.08. The molecule has 3 heteroatoms. The number of hydrogen-bond donors (Lipinski definition) is 1. The fourth-order valence-corrected chi connectivity index (χ4v) is 2.10. The molecule has 0 aromatic rings. The Kier molecular flexibility index (Phi) is 1.90. The van der Waals surface area contributed by atoms with E-state index in [0.717, 1.165) is 26.3 Å². The predicted octanol–water partition coefficient (Wildman–Crippen LogP) is 0.0543. The van der Waals surface area contributed by atoms with Crippen molar-refractivity contribution in [3.63, 3.8) is 0 Å². The van der Waals surface area contributed by atoms with Gasteiger partial charge >= 0.3 is 0 Å². The number of rotatable bonds is 1. The van der Waals surface area contributed by atoms with E-state index in [9.17, 15) is 0 Å². The van der Waals surface area contributed by atoms with Crippen LogP contribution >= 0.6 is 0 Å². The number of nitrogens with zero attached hydrogens (tertiary/aromatic N) is 1. The van der Waals surface area contributed by atoms with Gasteiger partial charge in [-0.3, -0.25) is 4.90 Å². The highest BCUT2D eigenvalue weighted by atomic mass is 16.5. The van der Waals surface area contributed by atoms with Crippen molar-refractivity contribution in [3.8, 4) is 0 Å². The first-order chi connectivity index (χ1) is 5.64. The van der Waals surface area contributed by atoms with E-state index in [1.54, 1.807) is 0 Å². The van der Waals surface area contributed by atoms with Crippen LogP contribution < -0.4 is 5.73 Å². The van der Waals surface area contributed by atoms with Crippen LogP contribution in [0, 0.1) is 5.41 Å². The fourth-order valence-electron chi connectivity index (χ4n) is 2.10. The first kappa shape index (κ1) is 8.48. The van der Waals surface area contributed by atoms with Crippen molar-refractivity contribution >= 4 is 0 Å². The monoisotopic (exact) mass is 170 g/mol. The summed E-state index contributed by atoms with van der Waals surface area (Å²) in [5.74, 6) is 0. The molecule has 0 radical (unpaired) electrons. The van der Waals surface area contributed by atoms with E-state index < -0.39 is 0 Å². The molecular formula is C9H18N2O. The van der Waals surface area contributed by atoms with E-state index in [2.05, 4.69) is 18.7 Å². The third-order valence-corrected chi connectivity index (χ3v) is 3.25. The zero-order valence-corrected chi connectivity index (χ0v) is 7.92. The Hall–Kier alpha value is -0.120. The molecule has 0 amide bonds. The molecule has 2 rings (SSSR count). The minimum atomic E-state index is 0.310. The van der Waals surface area contributed by atoms with Crippen LogP contribution in [0.2, 0.25) is 0 Å². The topological polar surface area (TPSA) is 38.5 Å². The van der Waals surface area contributed by atoms with E-state index in [4.69, 9.17) is 10.5 Å². The summed E-state index contributed by atoms with van der Waals surface area (Å²) >= 11 is 0. The van der Waals surface area contributed by atoms with Gasteiger partial charge in [0.15, 0.2) is 0 Å². The van der Waals surface area contributed by atoms with Gasteiger partial charge in [-0.1, -0.05) is 0 Å². The van der Waals surface area contributed by atoms with Crippen LogP contribution in [0.5, 0.6) is 0 Å². The average molecular weight is 170 g/mol. The van der Waals surface area contributed by atoms with Crippen LogP contribution in [-0.2, 0) is 4.74 Å². The lowest BCUT2D eigenvalue weighted by Crippen LogP contribution is -2.54. The van der Waals surface area contributed by atoms with Crippen molar-refractivity contribution in [3.05, 3.63) is 0 Å². The highest BCUT2D eigenvalue weighted by Gasteiger charge is 2.50. The predicted molar refractivity (Wildman–Crippen MR) is 47.9 cm³/mol. The molecule has 1 spiro atoms. The quantitative estimate of drug-likeness (QED) is 0.604. The molecule has 3 nitrogen and oxygen atoms in total. The summed E-state index contributed by atoms with van der Waals surface area (Å²) < 4.78 is 5.25. The minimum Gasteiger partial charge on any atom is -0.380 e. The summed E-state index contributed by atoms with van der Waals surface area (Å²) in [4.78, 5) is 2.45. The molecule has 0 aromatic heterocycles. The van der Waals surface area contributed by atoms with Gasteiger partial charge in [0.25, 0.3) is 0 Å². The molecule has 2 saturated heterocycles. The van der Waals surface area contributed by atoms with Crippen LogP contribution in [0.4, 0.5) is 0 Å². The van der Waals surface area contributed by atoms with E-state index in [1.165, 1.54) is 0 Å². The van der Waals surface area contributed by atoms with Gasteiger partial charge in [-0.05, 0) is 13.8 Å². The van der Waals surface area contributed by atoms with Crippen molar-refractivity contribution < 1.29 is 4.74 Å². The smallest absolute Gasteiger partial charge is 0.0572 e. The minimum absolute atomic E-state index is 0.310. The Balaban J connectivity index is 2.02. The lowest BCUT2D eigenvalue weighted by atomic mass is 9.82. The van der Waals surface area contributed by atoms with Crippen LogP contribution in [0.3, 0.4) is 0 Å².